The van der Waals surface area contributed by atoms with E-state index in [2.05, 4.69) is 10.3 Å². The first-order valence-electron chi connectivity index (χ1n) is 7.03. The minimum absolute atomic E-state index is 0. The molecule has 1 N–H and O–H groups in total. The minimum atomic E-state index is -0.553. The number of benzene rings is 1. The Balaban J connectivity index is 0.00000144. The van der Waals surface area contributed by atoms with Crippen LogP contribution >= 0.6 is 24.8 Å². The zero-order chi connectivity index (χ0) is 15.5. The van der Waals surface area contributed by atoms with E-state index in [1.807, 2.05) is 0 Å². The van der Waals surface area contributed by atoms with Crippen LogP contribution in [0.2, 0.25) is 0 Å². The van der Waals surface area contributed by atoms with Crippen LogP contribution in [-0.4, -0.2) is 35.4 Å². The predicted molar refractivity (Wildman–Crippen MR) is 91.7 cm³/mol. The van der Waals surface area contributed by atoms with Crippen molar-refractivity contribution in [2.45, 2.75) is 6.04 Å². The number of nitrogens with one attached hydrogen (secondary N) is 1. The van der Waals surface area contributed by atoms with Crippen molar-refractivity contribution in [1.82, 2.24) is 15.2 Å². The molecule has 1 atom stereocenters. The molecule has 0 spiro atoms. The van der Waals surface area contributed by atoms with Crippen molar-refractivity contribution < 1.29 is 13.6 Å². The summed E-state index contributed by atoms with van der Waals surface area (Å²) in [4.78, 5) is 18.0. The smallest absolute Gasteiger partial charge is 0.256 e. The number of hydrogen-bond acceptors (Lipinski definition) is 3. The topological polar surface area (TPSA) is 45.2 Å². The molecule has 1 amide bonds. The molecule has 130 valence electrons. The van der Waals surface area contributed by atoms with E-state index in [1.165, 1.54) is 24.4 Å². The fourth-order valence-corrected chi connectivity index (χ4v) is 2.65. The summed E-state index contributed by atoms with van der Waals surface area (Å²) in [6.45, 7) is 1.63. The summed E-state index contributed by atoms with van der Waals surface area (Å²) in [6.07, 6.45) is 2.40. The molecule has 0 saturated carbocycles. The highest BCUT2D eigenvalue weighted by atomic mass is 35.5. The molecule has 1 unspecified atom stereocenters. The van der Waals surface area contributed by atoms with Gasteiger partial charge in [-0.2, -0.15) is 0 Å². The van der Waals surface area contributed by atoms with Gasteiger partial charge in [0.1, 0.15) is 11.6 Å². The molecule has 2 aromatic rings. The van der Waals surface area contributed by atoms with Crippen molar-refractivity contribution in [2.75, 3.05) is 19.6 Å². The van der Waals surface area contributed by atoms with E-state index in [9.17, 15) is 13.6 Å². The molecule has 1 aromatic carbocycles. The van der Waals surface area contributed by atoms with Gasteiger partial charge in [0.05, 0.1) is 17.8 Å². The number of amides is 1. The lowest BCUT2D eigenvalue weighted by atomic mass is 10.0. The quantitative estimate of drug-likeness (QED) is 0.877. The third-order valence-electron chi connectivity index (χ3n) is 3.69. The summed E-state index contributed by atoms with van der Waals surface area (Å²) < 4.78 is 26.7. The highest BCUT2D eigenvalue weighted by molar-refractivity contribution is 5.94. The molecule has 1 fully saturated rings. The lowest BCUT2D eigenvalue weighted by Crippen LogP contribution is -2.48. The van der Waals surface area contributed by atoms with Crippen LogP contribution in [0.1, 0.15) is 22.0 Å². The molecule has 2 heterocycles. The Morgan fingerprint density at radius 1 is 1.17 bits per heavy atom. The first-order chi connectivity index (χ1) is 10.6. The molecular formula is C16H17Cl2F2N3O. The maximum Gasteiger partial charge on any atom is 0.256 e. The van der Waals surface area contributed by atoms with Crippen LogP contribution in [-0.2, 0) is 0 Å². The molecule has 1 saturated heterocycles. The van der Waals surface area contributed by atoms with Crippen molar-refractivity contribution in [3.63, 3.8) is 0 Å². The summed E-state index contributed by atoms with van der Waals surface area (Å²) in [5.74, 6) is -1.20. The lowest BCUT2D eigenvalue weighted by Gasteiger charge is -2.36. The van der Waals surface area contributed by atoms with Gasteiger partial charge in [-0.1, -0.05) is 12.1 Å². The van der Waals surface area contributed by atoms with Gasteiger partial charge in [-0.3, -0.25) is 9.78 Å². The Morgan fingerprint density at radius 2 is 1.96 bits per heavy atom. The van der Waals surface area contributed by atoms with Crippen molar-refractivity contribution in [1.29, 1.82) is 0 Å². The lowest BCUT2D eigenvalue weighted by molar-refractivity contribution is 0.0633. The molecule has 1 aliphatic rings. The van der Waals surface area contributed by atoms with Crippen LogP contribution < -0.4 is 5.32 Å². The van der Waals surface area contributed by atoms with Crippen molar-refractivity contribution >= 4 is 30.7 Å². The molecule has 1 aliphatic heterocycles. The van der Waals surface area contributed by atoms with E-state index >= 15 is 0 Å². The number of hydrogen-bond donors (Lipinski definition) is 1. The maximum atomic E-state index is 13.4. The molecular weight excluding hydrogens is 359 g/mol. The monoisotopic (exact) mass is 375 g/mol. The number of aromatic nitrogens is 1. The van der Waals surface area contributed by atoms with Crippen molar-refractivity contribution in [3.8, 4) is 0 Å². The Morgan fingerprint density at radius 3 is 2.67 bits per heavy atom. The second kappa shape index (κ2) is 8.92. The van der Waals surface area contributed by atoms with Crippen LogP contribution in [0.25, 0.3) is 0 Å². The molecule has 0 radical (unpaired) electrons. The van der Waals surface area contributed by atoms with Crippen molar-refractivity contribution in [3.05, 3.63) is 65.5 Å². The van der Waals surface area contributed by atoms with Gasteiger partial charge in [0.15, 0.2) is 0 Å². The van der Waals surface area contributed by atoms with E-state index in [1.54, 1.807) is 17.0 Å². The van der Waals surface area contributed by atoms with E-state index in [4.69, 9.17) is 0 Å². The fraction of sp³-hybridized carbons (Fsp3) is 0.250. The zero-order valence-electron chi connectivity index (χ0n) is 12.6. The average Bonchev–Trinajstić information content (AvgIpc) is 2.54. The van der Waals surface area contributed by atoms with Gasteiger partial charge in [-0.05, 0) is 23.8 Å². The Bertz CT molecular complexity index is 703. The number of piperazine rings is 1. The first-order valence-corrected chi connectivity index (χ1v) is 7.03. The normalized spacial score (nSPS) is 16.8. The Hall–Kier alpha value is -1.76. The molecule has 0 aliphatic carbocycles. The summed E-state index contributed by atoms with van der Waals surface area (Å²) in [5.41, 5.74) is 0.910. The highest BCUT2D eigenvalue weighted by Gasteiger charge is 2.29. The number of carbonyl (C=O) groups is 1. The number of halogens is 4. The second-order valence-corrected chi connectivity index (χ2v) is 5.17. The summed E-state index contributed by atoms with van der Waals surface area (Å²) >= 11 is 0. The van der Waals surface area contributed by atoms with Crippen molar-refractivity contribution in [2.24, 2.45) is 0 Å². The molecule has 8 heteroatoms. The summed E-state index contributed by atoms with van der Waals surface area (Å²) in [6, 6.07) is 7.06. The SMILES string of the molecule is Cl.Cl.O=C(c1cncc(F)c1)N1CCNCC1c1cccc(F)c1. The van der Waals surface area contributed by atoms with Gasteiger partial charge >= 0.3 is 0 Å². The van der Waals surface area contributed by atoms with E-state index in [0.29, 0.717) is 25.2 Å². The van der Waals surface area contributed by atoms with Gasteiger partial charge in [0.25, 0.3) is 5.91 Å². The first kappa shape index (κ1) is 20.3. The second-order valence-electron chi connectivity index (χ2n) is 5.17. The van der Waals surface area contributed by atoms with Gasteiger partial charge in [-0.15, -0.1) is 24.8 Å². The number of nitrogens with zero attached hydrogens (tertiary/aromatic N) is 2. The average molecular weight is 376 g/mol. The van der Waals surface area contributed by atoms with Crippen LogP contribution in [0.15, 0.2) is 42.7 Å². The predicted octanol–water partition coefficient (Wildman–Crippen LogP) is 2.99. The van der Waals surface area contributed by atoms with Gasteiger partial charge in [-0.25, -0.2) is 8.78 Å². The Labute approximate surface area is 151 Å². The third-order valence-corrected chi connectivity index (χ3v) is 3.69. The fourth-order valence-electron chi connectivity index (χ4n) is 2.65. The highest BCUT2D eigenvalue weighted by Crippen LogP contribution is 2.24. The standard InChI is InChI=1S/C16H15F2N3O.2ClH/c17-13-3-1-2-11(6-13)15-10-19-4-5-21(15)16(22)12-7-14(18)9-20-8-12;;/h1-3,6-9,15,19H,4-5,10H2;2*1H. The van der Waals surface area contributed by atoms with Crippen LogP contribution in [0.5, 0.6) is 0 Å². The van der Waals surface area contributed by atoms with Crippen LogP contribution in [0.3, 0.4) is 0 Å². The number of pyridine rings is 1. The minimum Gasteiger partial charge on any atom is -0.329 e. The number of rotatable bonds is 2. The zero-order valence-corrected chi connectivity index (χ0v) is 14.2. The van der Waals surface area contributed by atoms with E-state index in [-0.39, 0.29) is 48.1 Å². The maximum absolute atomic E-state index is 13.4. The van der Waals surface area contributed by atoms with Gasteiger partial charge in [0, 0.05) is 25.8 Å². The van der Waals surface area contributed by atoms with E-state index in [0.717, 1.165) is 6.20 Å². The summed E-state index contributed by atoms with van der Waals surface area (Å²) in [5, 5.41) is 3.19. The van der Waals surface area contributed by atoms with Crippen LogP contribution in [0.4, 0.5) is 8.78 Å². The number of carbonyl (C=O) groups excluding carboxylic acids is 1. The molecule has 24 heavy (non-hydrogen) atoms. The Kier molecular flexibility index (Phi) is 7.54. The molecule has 1 aromatic heterocycles. The molecule has 3 rings (SSSR count). The van der Waals surface area contributed by atoms with Gasteiger partial charge in [0.2, 0.25) is 0 Å². The molecule has 0 bridgehead atoms. The largest absolute Gasteiger partial charge is 0.329 e. The van der Waals surface area contributed by atoms with Crippen LogP contribution in [0, 0.1) is 11.6 Å². The summed E-state index contributed by atoms with van der Waals surface area (Å²) in [7, 11) is 0. The molecule has 4 nitrogen and oxygen atoms in total. The van der Waals surface area contributed by atoms with E-state index < -0.39 is 5.82 Å². The third kappa shape index (κ3) is 4.41. The van der Waals surface area contributed by atoms with Gasteiger partial charge < -0.3 is 10.2 Å².